The van der Waals surface area contributed by atoms with Gasteiger partial charge in [-0.2, -0.15) is 5.26 Å². The van der Waals surface area contributed by atoms with Crippen LogP contribution in [0.1, 0.15) is 32.6 Å². The SMILES string of the molecule is COc1ccc(/C=C/C(=O)c2cccc(C)c2)cc1COc1ccc(C#N)cc1. The van der Waals surface area contributed by atoms with Crippen molar-refractivity contribution in [3.05, 3.63) is 101 Å². The molecule has 3 rings (SSSR count). The molecule has 0 N–H and O–H groups in total. The minimum Gasteiger partial charge on any atom is -0.496 e. The van der Waals surface area contributed by atoms with Gasteiger partial charge in [-0.05, 0) is 61.0 Å². The number of hydrogen-bond acceptors (Lipinski definition) is 4. The topological polar surface area (TPSA) is 59.3 Å². The second-order valence-corrected chi connectivity index (χ2v) is 6.56. The Morgan fingerprint density at radius 1 is 1.07 bits per heavy atom. The summed E-state index contributed by atoms with van der Waals surface area (Å²) in [6.07, 6.45) is 3.36. The highest BCUT2D eigenvalue weighted by Crippen LogP contribution is 2.23. The first-order valence-electron chi connectivity index (χ1n) is 9.18. The van der Waals surface area contributed by atoms with Crippen molar-refractivity contribution >= 4 is 11.9 Å². The molecule has 0 heterocycles. The molecule has 0 aromatic heterocycles. The van der Waals surface area contributed by atoms with Gasteiger partial charge in [-0.15, -0.1) is 0 Å². The molecular formula is C25H21NO3. The summed E-state index contributed by atoms with van der Waals surface area (Å²) in [7, 11) is 1.61. The number of carbonyl (C=O) groups excluding carboxylic acids is 1. The van der Waals surface area contributed by atoms with Crippen LogP contribution in [0.3, 0.4) is 0 Å². The second kappa shape index (κ2) is 9.38. The summed E-state index contributed by atoms with van der Waals surface area (Å²) >= 11 is 0. The minimum atomic E-state index is -0.0418. The van der Waals surface area contributed by atoms with Gasteiger partial charge in [0, 0.05) is 11.1 Å². The first-order valence-corrected chi connectivity index (χ1v) is 9.18. The first-order chi connectivity index (χ1) is 14.1. The third-order valence-electron chi connectivity index (χ3n) is 4.41. The Labute approximate surface area is 170 Å². The fourth-order valence-corrected chi connectivity index (χ4v) is 2.87. The summed E-state index contributed by atoms with van der Waals surface area (Å²) in [5, 5.41) is 8.87. The Bertz CT molecular complexity index is 1080. The standard InChI is InChI=1S/C25H21NO3/c1-18-4-3-5-21(14-18)24(27)12-8-19-9-13-25(28-2)22(15-19)17-29-23-10-6-20(16-26)7-11-23/h3-15H,17H2,1-2H3/b12-8+. The fraction of sp³-hybridized carbons (Fsp3) is 0.120. The van der Waals surface area contributed by atoms with Crippen molar-refractivity contribution in [2.24, 2.45) is 0 Å². The van der Waals surface area contributed by atoms with Crippen molar-refractivity contribution in [3.63, 3.8) is 0 Å². The van der Waals surface area contributed by atoms with Crippen molar-refractivity contribution in [2.75, 3.05) is 7.11 Å². The van der Waals surface area contributed by atoms with Crippen LogP contribution in [0.4, 0.5) is 0 Å². The van der Waals surface area contributed by atoms with Crippen molar-refractivity contribution in [1.29, 1.82) is 5.26 Å². The van der Waals surface area contributed by atoms with Crippen LogP contribution in [0.15, 0.2) is 72.8 Å². The van der Waals surface area contributed by atoms with Crippen LogP contribution in [0, 0.1) is 18.3 Å². The number of benzene rings is 3. The van der Waals surface area contributed by atoms with Gasteiger partial charge < -0.3 is 9.47 Å². The third-order valence-corrected chi connectivity index (χ3v) is 4.41. The quantitative estimate of drug-likeness (QED) is 0.408. The molecule has 4 nitrogen and oxygen atoms in total. The van der Waals surface area contributed by atoms with E-state index >= 15 is 0 Å². The number of rotatable bonds is 7. The zero-order chi connectivity index (χ0) is 20.6. The van der Waals surface area contributed by atoms with E-state index in [1.54, 1.807) is 43.5 Å². The summed E-state index contributed by atoms with van der Waals surface area (Å²) in [4.78, 5) is 12.4. The molecule has 144 valence electrons. The van der Waals surface area contributed by atoms with E-state index in [-0.39, 0.29) is 5.78 Å². The van der Waals surface area contributed by atoms with E-state index in [4.69, 9.17) is 14.7 Å². The molecule has 0 aliphatic heterocycles. The molecule has 0 aliphatic carbocycles. The van der Waals surface area contributed by atoms with Gasteiger partial charge in [0.15, 0.2) is 5.78 Å². The molecule has 0 radical (unpaired) electrons. The van der Waals surface area contributed by atoms with Crippen LogP contribution in [-0.4, -0.2) is 12.9 Å². The molecule has 0 spiro atoms. The molecule has 0 bridgehead atoms. The molecule has 0 unspecified atom stereocenters. The average molecular weight is 383 g/mol. The van der Waals surface area contributed by atoms with E-state index in [0.29, 0.717) is 29.2 Å². The maximum atomic E-state index is 12.4. The Hall–Kier alpha value is -3.84. The lowest BCUT2D eigenvalue weighted by Gasteiger charge is -2.11. The fourth-order valence-electron chi connectivity index (χ4n) is 2.87. The van der Waals surface area contributed by atoms with Gasteiger partial charge in [-0.1, -0.05) is 35.9 Å². The smallest absolute Gasteiger partial charge is 0.185 e. The van der Waals surface area contributed by atoms with Gasteiger partial charge in [0.1, 0.15) is 18.1 Å². The number of ether oxygens (including phenoxy) is 2. The number of carbonyl (C=O) groups is 1. The summed E-state index contributed by atoms with van der Waals surface area (Å²) < 4.78 is 11.2. The average Bonchev–Trinajstić information content (AvgIpc) is 2.76. The Balaban J connectivity index is 1.73. The van der Waals surface area contributed by atoms with Crippen LogP contribution >= 0.6 is 0 Å². The van der Waals surface area contributed by atoms with Crippen LogP contribution in [0.2, 0.25) is 0 Å². The van der Waals surface area contributed by atoms with Crippen LogP contribution < -0.4 is 9.47 Å². The zero-order valence-corrected chi connectivity index (χ0v) is 16.4. The predicted molar refractivity (Wildman–Crippen MR) is 113 cm³/mol. The van der Waals surface area contributed by atoms with Gasteiger partial charge in [-0.25, -0.2) is 0 Å². The van der Waals surface area contributed by atoms with Gasteiger partial charge in [0.05, 0.1) is 18.7 Å². The van der Waals surface area contributed by atoms with Crippen LogP contribution in [-0.2, 0) is 6.61 Å². The van der Waals surface area contributed by atoms with E-state index in [9.17, 15) is 4.79 Å². The lowest BCUT2D eigenvalue weighted by Crippen LogP contribution is -1.99. The second-order valence-electron chi connectivity index (χ2n) is 6.56. The van der Waals surface area contributed by atoms with Gasteiger partial charge in [0.25, 0.3) is 0 Å². The lowest BCUT2D eigenvalue weighted by molar-refractivity contribution is 0.104. The molecule has 0 atom stereocenters. The first kappa shape index (κ1) is 19.9. The Morgan fingerprint density at radius 3 is 2.55 bits per heavy atom. The van der Waals surface area contributed by atoms with Crippen LogP contribution in [0.25, 0.3) is 6.08 Å². The molecule has 0 amide bonds. The molecular weight excluding hydrogens is 362 g/mol. The molecule has 29 heavy (non-hydrogen) atoms. The highest BCUT2D eigenvalue weighted by molar-refractivity contribution is 6.06. The number of methoxy groups -OCH3 is 1. The van der Waals surface area contributed by atoms with Gasteiger partial charge in [0.2, 0.25) is 0 Å². The molecule has 0 saturated carbocycles. The largest absolute Gasteiger partial charge is 0.496 e. The monoisotopic (exact) mass is 383 g/mol. The molecule has 3 aromatic carbocycles. The molecule has 0 saturated heterocycles. The van der Waals surface area contributed by atoms with Crippen molar-refractivity contribution in [2.45, 2.75) is 13.5 Å². The van der Waals surface area contributed by atoms with E-state index in [1.807, 2.05) is 49.4 Å². The predicted octanol–water partition coefficient (Wildman–Crippen LogP) is 5.35. The normalized spacial score (nSPS) is 10.5. The number of nitriles is 1. The molecule has 3 aromatic rings. The summed E-state index contributed by atoms with van der Waals surface area (Å²) in [5.41, 5.74) is 4.04. The van der Waals surface area contributed by atoms with E-state index in [2.05, 4.69) is 6.07 Å². The van der Waals surface area contributed by atoms with Gasteiger partial charge >= 0.3 is 0 Å². The summed E-state index contributed by atoms with van der Waals surface area (Å²) in [6, 6.07) is 22.2. The van der Waals surface area contributed by atoms with E-state index in [0.717, 1.165) is 16.7 Å². The maximum absolute atomic E-state index is 12.4. The molecule has 4 heteroatoms. The van der Waals surface area contributed by atoms with Crippen LogP contribution in [0.5, 0.6) is 11.5 Å². The van der Waals surface area contributed by atoms with Gasteiger partial charge in [-0.3, -0.25) is 4.79 Å². The third kappa shape index (κ3) is 5.33. The molecule has 0 aliphatic rings. The summed E-state index contributed by atoms with van der Waals surface area (Å²) in [6.45, 7) is 2.27. The maximum Gasteiger partial charge on any atom is 0.185 e. The highest BCUT2D eigenvalue weighted by atomic mass is 16.5. The Morgan fingerprint density at radius 2 is 1.86 bits per heavy atom. The van der Waals surface area contributed by atoms with Crippen molar-refractivity contribution in [3.8, 4) is 17.6 Å². The number of allylic oxidation sites excluding steroid dienone is 1. The van der Waals surface area contributed by atoms with Crippen molar-refractivity contribution in [1.82, 2.24) is 0 Å². The zero-order valence-electron chi connectivity index (χ0n) is 16.4. The molecule has 0 fully saturated rings. The number of nitrogens with zero attached hydrogens (tertiary/aromatic N) is 1. The minimum absolute atomic E-state index is 0.0418. The number of aryl methyl sites for hydroxylation is 1. The highest BCUT2D eigenvalue weighted by Gasteiger charge is 2.06. The lowest BCUT2D eigenvalue weighted by atomic mass is 10.1. The van der Waals surface area contributed by atoms with E-state index in [1.165, 1.54) is 0 Å². The van der Waals surface area contributed by atoms with Crippen molar-refractivity contribution < 1.29 is 14.3 Å². The number of ketones is 1. The Kier molecular flexibility index (Phi) is 6.44. The van der Waals surface area contributed by atoms with E-state index < -0.39 is 0 Å². The number of hydrogen-bond donors (Lipinski definition) is 0. The summed E-state index contributed by atoms with van der Waals surface area (Å²) in [5.74, 6) is 1.34.